The van der Waals surface area contributed by atoms with Crippen LogP contribution in [-0.2, 0) is 17.8 Å². The number of carboxylic acid groups (broad SMARTS) is 1. The molecule has 0 aliphatic carbocycles. The summed E-state index contributed by atoms with van der Waals surface area (Å²) >= 11 is 5.85. The third-order valence-electron chi connectivity index (χ3n) is 3.51. The van der Waals surface area contributed by atoms with E-state index in [4.69, 9.17) is 21.4 Å². The first-order chi connectivity index (χ1) is 10.5. The number of alkyl halides is 1. The van der Waals surface area contributed by atoms with Gasteiger partial charge in [0.25, 0.3) is 0 Å². The highest BCUT2D eigenvalue weighted by molar-refractivity contribution is 6.29. The van der Waals surface area contributed by atoms with Gasteiger partial charge in [-0.3, -0.25) is 4.79 Å². The van der Waals surface area contributed by atoms with Gasteiger partial charge in [0.2, 0.25) is 0 Å². The van der Waals surface area contributed by atoms with Crippen LogP contribution in [0.1, 0.15) is 22.3 Å². The number of hydrogen-bond acceptors (Lipinski definition) is 2. The Balaban J connectivity index is 2.13. The molecule has 1 N–H and O–H groups in total. The van der Waals surface area contributed by atoms with Crippen LogP contribution in [0.3, 0.4) is 0 Å². The molecule has 2 aromatic carbocycles. The molecular formula is C18H19ClO3. The lowest BCUT2D eigenvalue weighted by molar-refractivity contribution is -0.136. The molecule has 116 valence electrons. The zero-order valence-electron chi connectivity index (χ0n) is 12.7. The summed E-state index contributed by atoms with van der Waals surface area (Å²) in [6, 6.07) is 13.7. The van der Waals surface area contributed by atoms with E-state index >= 15 is 0 Å². The summed E-state index contributed by atoms with van der Waals surface area (Å²) in [6.07, 6.45) is 0.281. The lowest BCUT2D eigenvalue weighted by atomic mass is 10.0. The van der Waals surface area contributed by atoms with Crippen molar-refractivity contribution in [3.05, 3.63) is 64.7 Å². The van der Waals surface area contributed by atoms with E-state index in [0.717, 1.165) is 28.0 Å². The topological polar surface area (TPSA) is 46.5 Å². The van der Waals surface area contributed by atoms with Crippen LogP contribution in [0.5, 0.6) is 5.75 Å². The highest BCUT2D eigenvalue weighted by atomic mass is 35.5. The summed E-state index contributed by atoms with van der Waals surface area (Å²) in [6.45, 7) is 4.41. The average Bonchev–Trinajstić information content (AvgIpc) is 2.49. The Hall–Kier alpha value is -2.00. The van der Waals surface area contributed by atoms with Gasteiger partial charge in [0, 0.05) is 0 Å². The van der Waals surface area contributed by atoms with Gasteiger partial charge in [-0.2, -0.15) is 0 Å². The number of carboxylic acids is 1. The molecule has 22 heavy (non-hydrogen) atoms. The van der Waals surface area contributed by atoms with Gasteiger partial charge in [0.05, 0.1) is 0 Å². The van der Waals surface area contributed by atoms with Gasteiger partial charge >= 0.3 is 5.97 Å². The number of aryl methyl sites for hydroxylation is 2. The quantitative estimate of drug-likeness (QED) is 0.815. The molecule has 0 bridgehead atoms. The molecule has 2 rings (SSSR count). The fraction of sp³-hybridized carbons (Fsp3) is 0.278. The summed E-state index contributed by atoms with van der Waals surface area (Å²) in [5.74, 6) is -0.164. The Morgan fingerprint density at radius 2 is 1.86 bits per heavy atom. The lowest BCUT2D eigenvalue weighted by Crippen LogP contribution is -2.17. The minimum atomic E-state index is -1.01. The van der Waals surface area contributed by atoms with Gasteiger partial charge in [0.15, 0.2) is 0 Å². The first-order valence-electron chi connectivity index (χ1n) is 7.11. The molecule has 0 aliphatic heterocycles. The van der Waals surface area contributed by atoms with Crippen molar-refractivity contribution in [2.24, 2.45) is 0 Å². The molecule has 0 saturated heterocycles. The molecule has 0 heterocycles. The molecule has 0 aromatic heterocycles. The van der Waals surface area contributed by atoms with Crippen LogP contribution in [0.2, 0.25) is 0 Å². The first kappa shape index (κ1) is 16.4. The Morgan fingerprint density at radius 3 is 2.55 bits per heavy atom. The highest BCUT2D eigenvalue weighted by Crippen LogP contribution is 2.22. The van der Waals surface area contributed by atoms with Crippen molar-refractivity contribution >= 4 is 17.6 Å². The van der Waals surface area contributed by atoms with Crippen molar-refractivity contribution in [2.45, 2.75) is 32.3 Å². The molecule has 1 unspecified atom stereocenters. The van der Waals surface area contributed by atoms with Gasteiger partial charge in [-0.15, -0.1) is 11.6 Å². The molecule has 0 fully saturated rings. The minimum Gasteiger partial charge on any atom is -0.489 e. The van der Waals surface area contributed by atoms with Gasteiger partial charge in [-0.05, 0) is 48.6 Å². The maximum atomic E-state index is 10.9. The standard InChI is InChI=1S/C18H19ClO3/c1-12-7-8-13(2)17(9-12)22-11-15-6-4-3-5-14(15)10-16(19)18(20)21/h3-9,16H,10-11H2,1-2H3,(H,20,21). The summed E-state index contributed by atoms with van der Waals surface area (Å²) in [5.41, 5.74) is 4.06. The van der Waals surface area contributed by atoms with E-state index in [0.29, 0.717) is 6.61 Å². The second kappa shape index (κ2) is 7.32. The molecule has 0 amide bonds. The molecule has 4 heteroatoms. The third-order valence-corrected chi connectivity index (χ3v) is 3.85. The number of aliphatic carboxylic acids is 1. The maximum absolute atomic E-state index is 10.9. The Bertz CT molecular complexity index is 667. The molecule has 0 spiro atoms. The second-order valence-electron chi connectivity index (χ2n) is 5.34. The van der Waals surface area contributed by atoms with Crippen molar-refractivity contribution in [1.82, 2.24) is 0 Å². The monoisotopic (exact) mass is 318 g/mol. The predicted molar refractivity (Wildman–Crippen MR) is 87.7 cm³/mol. The van der Waals surface area contributed by atoms with Crippen molar-refractivity contribution < 1.29 is 14.6 Å². The van der Waals surface area contributed by atoms with Crippen LogP contribution in [0.25, 0.3) is 0 Å². The van der Waals surface area contributed by atoms with Crippen LogP contribution >= 0.6 is 11.6 Å². The average molecular weight is 319 g/mol. The fourth-order valence-corrected chi connectivity index (χ4v) is 2.36. The smallest absolute Gasteiger partial charge is 0.321 e. The van der Waals surface area contributed by atoms with Gasteiger partial charge in [-0.1, -0.05) is 36.4 Å². The number of ether oxygens (including phenoxy) is 1. The van der Waals surface area contributed by atoms with Crippen LogP contribution < -0.4 is 4.74 Å². The van der Waals surface area contributed by atoms with E-state index in [9.17, 15) is 4.79 Å². The second-order valence-corrected chi connectivity index (χ2v) is 5.86. The van der Waals surface area contributed by atoms with E-state index in [1.807, 2.05) is 56.3 Å². The zero-order chi connectivity index (χ0) is 16.1. The van der Waals surface area contributed by atoms with Crippen LogP contribution in [-0.4, -0.2) is 16.5 Å². The summed E-state index contributed by atoms with van der Waals surface area (Å²) in [7, 11) is 0. The summed E-state index contributed by atoms with van der Waals surface area (Å²) < 4.78 is 5.90. The Labute approximate surface area is 135 Å². The van der Waals surface area contributed by atoms with Gasteiger partial charge in [-0.25, -0.2) is 0 Å². The van der Waals surface area contributed by atoms with Gasteiger partial charge < -0.3 is 9.84 Å². The van der Waals surface area contributed by atoms with Crippen molar-refractivity contribution in [3.8, 4) is 5.75 Å². The molecule has 1 atom stereocenters. The zero-order valence-corrected chi connectivity index (χ0v) is 13.4. The Morgan fingerprint density at radius 1 is 1.18 bits per heavy atom. The number of carbonyl (C=O) groups is 1. The van der Waals surface area contributed by atoms with Crippen LogP contribution in [0, 0.1) is 13.8 Å². The maximum Gasteiger partial charge on any atom is 0.321 e. The van der Waals surface area contributed by atoms with Crippen molar-refractivity contribution in [1.29, 1.82) is 0 Å². The largest absolute Gasteiger partial charge is 0.489 e. The third kappa shape index (κ3) is 4.25. The molecular weight excluding hydrogens is 300 g/mol. The Kier molecular flexibility index (Phi) is 5.45. The summed E-state index contributed by atoms with van der Waals surface area (Å²) in [5, 5.41) is 8.02. The van der Waals surface area contributed by atoms with E-state index in [1.165, 1.54) is 0 Å². The number of hydrogen-bond donors (Lipinski definition) is 1. The minimum absolute atomic E-state index is 0.281. The van der Waals surface area contributed by atoms with Crippen molar-refractivity contribution in [3.63, 3.8) is 0 Å². The van der Waals surface area contributed by atoms with E-state index < -0.39 is 11.3 Å². The SMILES string of the molecule is Cc1ccc(C)c(OCc2ccccc2CC(Cl)C(=O)O)c1. The molecule has 2 aromatic rings. The van der Waals surface area contributed by atoms with E-state index in [1.54, 1.807) is 0 Å². The molecule has 0 aliphatic rings. The summed E-state index contributed by atoms with van der Waals surface area (Å²) in [4.78, 5) is 10.9. The number of rotatable bonds is 6. The number of benzene rings is 2. The highest BCUT2D eigenvalue weighted by Gasteiger charge is 2.16. The molecule has 0 saturated carbocycles. The first-order valence-corrected chi connectivity index (χ1v) is 7.54. The van der Waals surface area contributed by atoms with Gasteiger partial charge in [0.1, 0.15) is 17.7 Å². The molecule has 3 nitrogen and oxygen atoms in total. The van der Waals surface area contributed by atoms with Crippen LogP contribution in [0.15, 0.2) is 42.5 Å². The lowest BCUT2D eigenvalue weighted by Gasteiger charge is -2.14. The van der Waals surface area contributed by atoms with Crippen LogP contribution in [0.4, 0.5) is 0 Å². The van der Waals surface area contributed by atoms with E-state index in [-0.39, 0.29) is 6.42 Å². The fourth-order valence-electron chi connectivity index (χ4n) is 2.20. The van der Waals surface area contributed by atoms with Crippen molar-refractivity contribution in [2.75, 3.05) is 0 Å². The molecule has 0 radical (unpaired) electrons. The number of halogens is 1. The predicted octanol–water partition coefficient (Wildman–Crippen LogP) is 4.12. The van der Waals surface area contributed by atoms with E-state index in [2.05, 4.69) is 0 Å². The normalized spacial score (nSPS) is 12.0.